The summed E-state index contributed by atoms with van der Waals surface area (Å²) in [5.74, 6) is 0.157. The Morgan fingerprint density at radius 1 is 1.50 bits per heavy atom. The lowest BCUT2D eigenvalue weighted by Gasteiger charge is -2.29. The predicted molar refractivity (Wildman–Crippen MR) is 78.7 cm³/mol. The number of nitrogens with two attached hydrogens (primary N) is 1. The second-order valence-electron chi connectivity index (χ2n) is 4.37. The lowest BCUT2D eigenvalue weighted by atomic mass is 10.2. The van der Waals surface area contributed by atoms with Crippen LogP contribution in [0.4, 0.5) is 5.69 Å². The third-order valence-electron chi connectivity index (χ3n) is 2.87. The van der Waals surface area contributed by atoms with E-state index in [4.69, 9.17) is 10.5 Å². The Balaban J connectivity index is 2.07. The molecule has 7 heteroatoms. The van der Waals surface area contributed by atoms with Gasteiger partial charge in [-0.2, -0.15) is 0 Å². The van der Waals surface area contributed by atoms with Crippen LogP contribution < -0.4 is 20.7 Å². The molecule has 108 valence electrons. The smallest absolute Gasteiger partial charge is 0.265 e. The summed E-state index contributed by atoms with van der Waals surface area (Å²) >= 11 is 3.34. The number of benzene rings is 1. The van der Waals surface area contributed by atoms with Gasteiger partial charge in [0.15, 0.2) is 6.61 Å². The number of carbonyl (C=O) groups excluding carboxylic acids is 2. The molecule has 2 rings (SSSR count). The van der Waals surface area contributed by atoms with E-state index >= 15 is 0 Å². The van der Waals surface area contributed by atoms with Crippen molar-refractivity contribution in [3.05, 3.63) is 22.7 Å². The number of amides is 2. The molecule has 0 aromatic heterocycles. The first kappa shape index (κ1) is 14.8. The van der Waals surface area contributed by atoms with E-state index in [1.165, 1.54) is 4.90 Å². The third-order valence-corrected chi connectivity index (χ3v) is 3.36. The highest BCUT2D eigenvalue weighted by molar-refractivity contribution is 9.10. The number of hydrogen-bond acceptors (Lipinski definition) is 4. The van der Waals surface area contributed by atoms with E-state index in [0.717, 1.165) is 4.47 Å². The van der Waals surface area contributed by atoms with E-state index in [-0.39, 0.29) is 25.0 Å². The molecular weight excluding hydrogens is 326 g/mol. The normalized spacial score (nSPS) is 13.7. The van der Waals surface area contributed by atoms with Crippen molar-refractivity contribution in [1.82, 2.24) is 5.32 Å². The average Bonchev–Trinajstić information content (AvgIpc) is 2.42. The summed E-state index contributed by atoms with van der Waals surface area (Å²) in [5.41, 5.74) is 5.97. The number of carbonyl (C=O) groups is 2. The van der Waals surface area contributed by atoms with E-state index in [1.807, 2.05) is 0 Å². The zero-order valence-corrected chi connectivity index (χ0v) is 12.5. The molecule has 0 atom stereocenters. The number of nitrogens with zero attached hydrogens (tertiary/aromatic N) is 1. The van der Waals surface area contributed by atoms with Crippen molar-refractivity contribution in [1.29, 1.82) is 0 Å². The van der Waals surface area contributed by atoms with Crippen LogP contribution in [0.25, 0.3) is 0 Å². The monoisotopic (exact) mass is 341 g/mol. The van der Waals surface area contributed by atoms with Crippen LogP contribution in [-0.4, -0.2) is 38.1 Å². The lowest BCUT2D eigenvalue weighted by molar-refractivity contribution is -0.125. The molecule has 0 saturated carbocycles. The minimum absolute atomic E-state index is 0.0125. The molecule has 0 radical (unpaired) electrons. The summed E-state index contributed by atoms with van der Waals surface area (Å²) in [6, 6.07) is 5.34. The number of halogens is 1. The van der Waals surface area contributed by atoms with Crippen LogP contribution in [0.3, 0.4) is 0 Å². The Hall–Kier alpha value is -1.60. The molecule has 1 aliphatic rings. The van der Waals surface area contributed by atoms with E-state index in [2.05, 4.69) is 21.2 Å². The topological polar surface area (TPSA) is 84.7 Å². The maximum absolute atomic E-state index is 11.9. The van der Waals surface area contributed by atoms with Gasteiger partial charge in [-0.05, 0) is 31.2 Å². The summed E-state index contributed by atoms with van der Waals surface area (Å²) < 4.78 is 6.22. The van der Waals surface area contributed by atoms with Crippen LogP contribution in [-0.2, 0) is 9.59 Å². The molecule has 1 heterocycles. The number of ether oxygens (including phenoxy) is 1. The summed E-state index contributed by atoms with van der Waals surface area (Å²) in [7, 11) is 0. The van der Waals surface area contributed by atoms with Gasteiger partial charge in [-0.15, -0.1) is 0 Å². The number of rotatable bonds is 5. The van der Waals surface area contributed by atoms with Crippen molar-refractivity contribution in [3.63, 3.8) is 0 Å². The molecule has 0 saturated heterocycles. The predicted octanol–water partition coefficient (Wildman–Crippen LogP) is 0.640. The zero-order valence-electron chi connectivity index (χ0n) is 10.9. The minimum atomic E-state index is -0.228. The second kappa shape index (κ2) is 6.71. The molecule has 0 bridgehead atoms. The van der Waals surface area contributed by atoms with Crippen LogP contribution in [0.15, 0.2) is 22.7 Å². The highest BCUT2D eigenvalue weighted by Crippen LogP contribution is 2.34. The van der Waals surface area contributed by atoms with Crippen LogP contribution in [0.2, 0.25) is 0 Å². The summed E-state index contributed by atoms with van der Waals surface area (Å²) in [5, 5.41) is 2.73. The minimum Gasteiger partial charge on any atom is -0.482 e. The first-order chi connectivity index (χ1) is 9.61. The molecule has 0 spiro atoms. The van der Waals surface area contributed by atoms with Crippen LogP contribution in [0.5, 0.6) is 5.75 Å². The van der Waals surface area contributed by atoms with Crippen molar-refractivity contribution in [2.75, 3.05) is 31.1 Å². The highest BCUT2D eigenvalue weighted by atomic mass is 79.9. The molecule has 20 heavy (non-hydrogen) atoms. The Morgan fingerprint density at radius 2 is 2.30 bits per heavy atom. The fraction of sp³-hybridized carbons (Fsp3) is 0.385. The van der Waals surface area contributed by atoms with Crippen molar-refractivity contribution >= 4 is 33.4 Å². The average molecular weight is 342 g/mol. The number of nitrogens with one attached hydrogen (secondary N) is 1. The van der Waals surface area contributed by atoms with E-state index in [9.17, 15) is 9.59 Å². The van der Waals surface area contributed by atoms with Crippen LogP contribution >= 0.6 is 15.9 Å². The summed E-state index contributed by atoms with van der Waals surface area (Å²) in [6.07, 6.45) is 0.715. The molecule has 3 N–H and O–H groups in total. The first-order valence-electron chi connectivity index (χ1n) is 6.31. The fourth-order valence-electron chi connectivity index (χ4n) is 1.88. The molecule has 1 aromatic rings. The van der Waals surface area contributed by atoms with Gasteiger partial charge in [-0.25, -0.2) is 0 Å². The van der Waals surface area contributed by atoms with E-state index < -0.39 is 0 Å². The van der Waals surface area contributed by atoms with Gasteiger partial charge in [0.1, 0.15) is 12.3 Å². The van der Waals surface area contributed by atoms with Crippen molar-refractivity contribution < 1.29 is 14.3 Å². The largest absolute Gasteiger partial charge is 0.482 e. The molecule has 1 aromatic carbocycles. The Bertz CT molecular complexity index is 522. The van der Waals surface area contributed by atoms with Gasteiger partial charge in [0.25, 0.3) is 5.91 Å². The molecule has 2 amide bonds. The Labute approximate surface area is 125 Å². The van der Waals surface area contributed by atoms with E-state index in [1.54, 1.807) is 18.2 Å². The molecule has 0 aliphatic carbocycles. The fourth-order valence-corrected chi connectivity index (χ4v) is 2.22. The lowest BCUT2D eigenvalue weighted by Crippen LogP contribution is -2.45. The van der Waals surface area contributed by atoms with Crippen molar-refractivity contribution in [2.24, 2.45) is 5.73 Å². The maximum Gasteiger partial charge on any atom is 0.265 e. The summed E-state index contributed by atoms with van der Waals surface area (Å²) in [4.78, 5) is 25.1. The van der Waals surface area contributed by atoms with Gasteiger partial charge in [0.2, 0.25) is 5.91 Å². The second-order valence-corrected chi connectivity index (χ2v) is 5.29. The molecular formula is C13H16BrN3O3. The summed E-state index contributed by atoms with van der Waals surface area (Å²) in [6.45, 7) is 0.968. The van der Waals surface area contributed by atoms with Gasteiger partial charge in [-0.1, -0.05) is 15.9 Å². The van der Waals surface area contributed by atoms with Crippen LogP contribution in [0.1, 0.15) is 6.42 Å². The van der Waals surface area contributed by atoms with Gasteiger partial charge in [-0.3, -0.25) is 14.5 Å². The van der Waals surface area contributed by atoms with Gasteiger partial charge < -0.3 is 15.8 Å². The first-order valence-corrected chi connectivity index (χ1v) is 7.10. The number of anilines is 1. The number of hydrogen-bond donors (Lipinski definition) is 2. The molecule has 1 aliphatic heterocycles. The maximum atomic E-state index is 11.9. The zero-order chi connectivity index (χ0) is 14.5. The van der Waals surface area contributed by atoms with E-state index in [0.29, 0.717) is 30.9 Å². The SMILES string of the molecule is NCCCNC(=O)CN1C(=O)COc2cc(Br)ccc21. The molecule has 0 unspecified atom stereocenters. The van der Waals surface area contributed by atoms with Gasteiger partial charge >= 0.3 is 0 Å². The van der Waals surface area contributed by atoms with Gasteiger partial charge in [0.05, 0.1) is 5.69 Å². The highest BCUT2D eigenvalue weighted by Gasteiger charge is 2.27. The molecule has 0 fully saturated rings. The van der Waals surface area contributed by atoms with Gasteiger partial charge in [0, 0.05) is 11.0 Å². The van der Waals surface area contributed by atoms with Crippen LogP contribution in [0, 0.1) is 0 Å². The number of fused-ring (bicyclic) bond motifs is 1. The standard InChI is InChI=1S/C13H16BrN3O3/c14-9-2-3-10-11(6-9)20-8-13(19)17(10)7-12(18)16-5-1-4-15/h2-3,6H,1,4-5,7-8,15H2,(H,16,18). The molecule has 6 nitrogen and oxygen atoms in total. The Morgan fingerprint density at radius 3 is 3.05 bits per heavy atom. The Kier molecular flexibility index (Phi) is 4.97. The quantitative estimate of drug-likeness (QED) is 0.769. The van der Waals surface area contributed by atoms with Crippen molar-refractivity contribution in [2.45, 2.75) is 6.42 Å². The third kappa shape index (κ3) is 3.49. The van der Waals surface area contributed by atoms with Crippen molar-refractivity contribution in [3.8, 4) is 5.75 Å².